The van der Waals surface area contributed by atoms with Crippen LogP contribution in [-0.4, -0.2) is 22.5 Å². The molecule has 1 amide bonds. The van der Waals surface area contributed by atoms with Gasteiger partial charge in [-0.15, -0.1) is 0 Å². The maximum Gasteiger partial charge on any atom is 0.256 e. The van der Waals surface area contributed by atoms with Gasteiger partial charge in [0.1, 0.15) is 5.65 Å². The minimum atomic E-state index is -0.0747. The zero-order valence-electron chi connectivity index (χ0n) is 7.29. The standard InChI is InChI=1S/C9H8N4O/c14-9-6-3-11-8-5(1-2-10-8)7(6)12-4-13-9/h1-3,12H,4H2,(H,10,11)(H,13,14). The number of rotatable bonds is 0. The lowest BCUT2D eigenvalue weighted by Crippen LogP contribution is -2.34. The van der Waals surface area contributed by atoms with Crippen molar-refractivity contribution < 1.29 is 4.79 Å². The topological polar surface area (TPSA) is 69.8 Å². The number of carbonyl (C=O) groups excluding carboxylic acids is 1. The number of aromatic nitrogens is 2. The van der Waals surface area contributed by atoms with E-state index >= 15 is 0 Å². The monoisotopic (exact) mass is 188 g/mol. The second-order valence-corrected chi connectivity index (χ2v) is 3.15. The smallest absolute Gasteiger partial charge is 0.256 e. The number of fused-ring (bicyclic) bond motifs is 3. The van der Waals surface area contributed by atoms with Crippen molar-refractivity contribution in [3.8, 4) is 0 Å². The van der Waals surface area contributed by atoms with E-state index < -0.39 is 0 Å². The summed E-state index contributed by atoms with van der Waals surface area (Å²) < 4.78 is 0. The van der Waals surface area contributed by atoms with E-state index in [9.17, 15) is 4.79 Å². The van der Waals surface area contributed by atoms with Gasteiger partial charge in [-0.25, -0.2) is 4.98 Å². The molecule has 0 spiro atoms. The highest BCUT2D eigenvalue weighted by Gasteiger charge is 2.18. The number of carbonyl (C=O) groups is 1. The van der Waals surface area contributed by atoms with Crippen molar-refractivity contribution in [2.75, 3.05) is 12.0 Å². The number of amides is 1. The van der Waals surface area contributed by atoms with Gasteiger partial charge in [-0.1, -0.05) is 0 Å². The molecule has 1 aliphatic rings. The maximum atomic E-state index is 11.4. The fourth-order valence-corrected chi connectivity index (χ4v) is 1.68. The molecule has 0 saturated heterocycles. The molecule has 70 valence electrons. The lowest BCUT2D eigenvalue weighted by molar-refractivity contribution is 0.0952. The van der Waals surface area contributed by atoms with Crippen LogP contribution in [-0.2, 0) is 0 Å². The third-order valence-electron chi connectivity index (χ3n) is 2.35. The third kappa shape index (κ3) is 0.834. The van der Waals surface area contributed by atoms with E-state index in [1.165, 1.54) is 0 Å². The number of hydrogen-bond acceptors (Lipinski definition) is 3. The molecule has 0 radical (unpaired) electrons. The fraction of sp³-hybridized carbons (Fsp3) is 0.111. The van der Waals surface area contributed by atoms with Crippen molar-refractivity contribution in [1.82, 2.24) is 15.3 Å². The van der Waals surface area contributed by atoms with Gasteiger partial charge in [0.05, 0.1) is 17.9 Å². The summed E-state index contributed by atoms with van der Waals surface area (Å²) in [5.74, 6) is -0.0747. The molecule has 0 aromatic carbocycles. The second kappa shape index (κ2) is 2.47. The van der Waals surface area contributed by atoms with Gasteiger partial charge in [0.15, 0.2) is 0 Å². The Morgan fingerprint density at radius 3 is 3.21 bits per heavy atom. The fourth-order valence-electron chi connectivity index (χ4n) is 1.68. The number of aromatic amines is 1. The number of pyridine rings is 1. The normalized spacial score (nSPS) is 14.7. The number of anilines is 1. The third-order valence-corrected chi connectivity index (χ3v) is 2.35. The molecule has 3 N–H and O–H groups in total. The molecular formula is C9H8N4O. The number of H-pyrrole nitrogens is 1. The molecule has 0 aliphatic carbocycles. The van der Waals surface area contributed by atoms with E-state index in [-0.39, 0.29) is 5.91 Å². The summed E-state index contributed by atoms with van der Waals surface area (Å²) in [6.07, 6.45) is 3.39. The van der Waals surface area contributed by atoms with E-state index in [4.69, 9.17) is 0 Å². The maximum absolute atomic E-state index is 11.4. The highest BCUT2D eigenvalue weighted by Crippen LogP contribution is 2.26. The van der Waals surface area contributed by atoms with E-state index in [0.29, 0.717) is 12.2 Å². The molecule has 1 aliphatic heterocycles. The summed E-state index contributed by atoms with van der Waals surface area (Å²) in [4.78, 5) is 18.6. The molecule has 0 atom stereocenters. The summed E-state index contributed by atoms with van der Waals surface area (Å²) in [5, 5.41) is 6.78. The van der Waals surface area contributed by atoms with Crippen molar-refractivity contribution in [2.24, 2.45) is 0 Å². The van der Waals surface area contributed by atoms with Crippen molar-refractivity contribution in [3.63, 3.8) is 0 Å². The van der Waals surface area contributed by atoms with Gasteiger partial charge >= 0.3 is 0 Å². The zero-order valence-corrected chi connectivity index (χ0v) is 7.29. The predicted octanol–water partition coefficient (Wildman–Crippen LogP) is 0.676. The first-order chi connectivity index (χ1) is 6.86. The molecule has 0 fully saturated rings. The Morgan fingerprint density at radius 2 is 2.29 bits per heavy atom. The summed E-state index contributed by atoms with van der Waals surface area (Å²) >= 11 is 0. The summed E-state index contributed by atoms with van der Waals surface area (Å²) in [7, 11) is 0. The average molecular weight is 188 g/mol. The van der Waals surface area contributed by atoms with Gasteiger partial charge in [-0.2, -0.15) is 0 Å². The van der Waals surface area contributed by atoms with Crippen LogP contribution in [0.25, 0.3) is 11.0 Å². The first-order valence-electron chi connectivity index (χ1n) is 4.34. The highest BCUT2D eigenvalue weighted by atomic mass is 16.1. The largest absolute Gasteiger partial charge is 0.367 e. The van der Waals surface area contributed by atoms with Crippen LogP contribution in [0.1, 0.15) is 10.4 Å². The van der Waals surface area contributed by atoms with E-state index in [1.54, 1.807) is 6.20 Å². The van der Waals surface area contributed by atoms with E-state index in [1.807, 2.05) is 12.3 Å². The Kier molecular flexibility index (Phi) is 1.30. The van der Waals surface area contributed by atoms with Gasteiger partial charge < -0.3 is 15.6 Å². The van der Waals surface area contributed by atoms with Crippen molar-refractivity contribution in [2.45, 2.75) is 0 Å². The van der Waals surface area contributed by atoms with Crippen LogP contribution < -0.4 is 10.6 Å². The van der Waals surface area contributed by atoms with Crippen molar-refractivity contribution in [3.05, 3.63) is 24.0 Å². The van der Waals surface area contributed by atoms with Crippen LogP contribution >= 0.6 is 0 Å². The molecule has 5 nitrogen and oxygen atoms in total. The van der Waals surface area contributed by atoms with Crippen molar-refractivity contribution in [1.29, 1.82) is 0 Å². The lowest BCUT2D eigenvalue weighted by Gasteiger charge is -2.18. The van der Waals surface area contributed by atoms with Crippen LogP contribution in [0.2, 0.25) is 0 Å². The first-order valence-corrected chi connectivity index (χ1v) is 4.34. The molecule has 2 aromatic heterocycles. The molecule has 3 heterocycles. The average Bonchev–Trinajstić information content (AvgIpc) is 2.66. The number of hydrogen-bond donors (Lipinski definition) is 3. The Hall–Kier alpha value is -2.04. The van der Waals surface area contributed by atoms with Gasteiger partial charge in [0.25, 0.3) is 5.91 Å². The van der Waals surface area contributed by atoms with Gasteiger partial charge in [0, 0.05) is 17.8 Å². The Morgan fingerprint density at radius 1 is 1.36 bits per heavy atom. The van der Waals surface area contributed by atoms with Gasteiger partial charge in [0.2, 0.25) is 0 Å². The van der Waals surface area contributed by atoms with Crippen molar-refractivity contribution >= 4 is 22.6 Å². The predicted molar refractivity (Wildman–Crippen MR) is 52.0 cm³/mol. The zero-order chi connectivity index (χ0) is 9.54. The highest BCUT2D eigenvalue weighted by molar-refractivity contribution is 6.07. The minimum absolute atomic E-state index is 0.0747. The molecule has 14 heavy (non-hydrogen) atoms. The number of nitrogens with zero attached hydrogens (tertiary/aromatic N) is 1. The summed E-state index contributed by atoms with van der Waals surface area (Å²) in [6, 6.07) is 1.91. The van der Waals surface area contributed by atoms with E-state index in [0.717, 1.165) is 16.7 Å². The first kappa shape index (κ1) is 7.37. The molecule has 0 saturated carbocycles. The molecule has 0 unspecified atom stereocenters. The minimum Gasteiger partial charge on any atom is -0.367 e. The second-order valence-electron chi connectivity index (χ2n) is 3.15. The lowest BCUT2D eigenvalue weighted by atomic mass is 10.1. The molecule has 0 bridgehead atoms. The van der Waals surface area contributed by atoms with Crippen LogP contribution in [0.5, 0.6) is 0 Å². The quantitative estimate of drug-likeness (QED) is 0.569. The van der Waals surface area contributed by atoms with E-state index in [2.05, 4.69) is 20.6 Å². The molecule has 2 aromatic rings. The van der Waals surface area contributed by atoms with Gasteiger partial charge in [-0.05, 0) is 6.07 Å². The van der Waals surface area contributed by atoms with Crippen LogP contribution in [0.3, 0.4) is 0 Å². The SMILES string of the molecule is O=C1NCNc2c1cnc1[nH]ccc21. The summed E-state index contributed by atoms with van der Waals surface area (Å²) in [6.45, 7) is 0.468. The van der Waals surface area contributed by atoms with Gasteiger partial charge in [-0.3, -0.25) is 4.79 Å². The number of nitrogens with one attached hydrogen (secondary N) is 3. The Balaban J connectivity index is 2.38. The molecule has 5 heteroatoms. The molecule has 3 rings (SSSR count). The Bertz CT molecular complexity index is 517. The van der Waals surface area contributed by atoms with Crippen LogP contribution in [0.15, 0.2) is 18.5 Å². The molecular weight excluding hydrogens is 180 g/mol. The van der Waals surface area contributed by atoms with Crippen LogP contribution in [0.4, 0.5) is 5.69 Å². The Labute approximate surface area is 79.5 Å². The summed E-state index contributed by atoms with van der Waals surface area (Å²) in [5.41, 5.74) is 2.26. The van der Waals surface area contributed by atoms with Crippen LogP contribution in [0, 0.1) is 0 Å².